The van der Waals surface area contributed by atoms with Crippen LogP contribution in [0.2, 0.25) is 0 Å². The van der Waals surface area contributed by atoms with E-state index in [9.17, 15) is 9.18 Å². The lowest BCUT2D eigenvalue weighted by Gasteiger charge is -2.19. The van der Waals surface area contributed by atoms with Gasteiger partial charge in [0.25, 0.3) is 0 Å². The number of benzene rings is 1. The van der Waals surface area contributed by atoms with Gasteiger partial charge < -0.3 is 20.8 Å². The van der Waals surface area contributed by atoms with Crippen molar-refractivity contribution in [1.29, 1.82) is 0 Å². The van der Waals surface area contributed by atoms with Gasteiger partial charge in [0.05, 0.1) is 11.5 Å². The highest BCUT2D eigenvalue weighted by Gasteiger charge is 2.40. The molecule has 9 nitrogen and oxygen atoms in total. The average Bonchev–Trinajstić information content (AvgIpc) is 3.16. The highest BCUT2D eigenvalue weighted by Crippen LogP contribution is 2.31. The molecule has 0 fully saturated rings. The fourth-order valence-electron chi connectivity index (χ4n) is 3.20. The lowest BCUT2D eigenvalue weighted by Crippen LogP contribution is -2.33. The molecule has 0 radical (unpaired) electrons. The molecule has 0 bridgehead atoms. The first kappa shape index (κ1) is 19.5. The SMILES string of the molecule is CN(C)c1nc(NCc2cccc(F)c2)nc(C2=NOC3C(C(N)=O)=CC=CC23)n1. The van der Waals surface area contributed by atoms with Crippen LogP contribution in [0, 0.1) is 11.7 Å². The van der Waals surface area contributed by atoms with E-state index in [2.05, 4.69) is 25.4 Å². The zero-order valence-electron chi connectivity index (χ0n) is 16.4. The second kappa shape index (κ2) is 7.90. The molecule has 2 unspecified atom stereocenters. The number of carbonyl (C=O) groups excluding carboxylic acids is 1. The molecule has 2 aliphatic rings. The van der Waals surface area contributed by atoms with Gasteiger partial charge in [-0.1, -0.05) is 29.4 Å². The van der Waals surface area contributed by atoms with Crippen LogP contribution in [-0.4, -0.2) is 46.8 Å². The number of nitrogens with two attached hydrogens (primary N) is 1. The van der Waals surface area contributed by atoms with Crippen molar-refractivity contribution in [3.05, 3.63) is 65.3 Å². The molecule has 0 saturated carbocycles. The number of oxime groups is 1. The summed E-state index contributed by atoms with van der Waals surface area (Å²) in [6.07, 6.45) is 4.61. The number of amides is 1. The topological polar surface area (TPSA) is 119 Å². The molecular formula is C20H20FN7O2. The van der Waals surface area contributed by atoms with Crippen LogP contribution in [0.4, 0.5) is 16.3 Å². The van der Waals surface area contributed by atoms with Crippen molar-refractivity contribution < 1.29 is 14.0 Å². The lowest BCUT2D eigenvalue weighted by molar-refractivity contribution is -0.116. The van der Waals surface area contributed by atoms with E-state index in [4.69, 9.17) is 10.6 Å². The first-order chi connectivity index (χ1) is 14.4. The first-order valence-corrected chi connectivity index (χ1v) is 9.26. The average molecular weight is 409 g/mol. The van der Waals surface area contributed by atoms with E-state index in [0.29, 0.717) is 35.6 Å². The van der Waals surface area contributed by atoms with Crippen molar-refractivity contribution in [2.75, 3.05) is 24.3 Å². The van der Waals surface area contributed by atoms with Crippen molar-refractivity contribution in [1.82, 2.24) is 15.0 Å². The Morgan fingerprint density at radius 1 is 1.30 bits per heavy atom. The predicted molar refractivity (Wildman–Crippen MR) is 109 cm³/mol. The maximum atomic E-state index is 13.4. The Morgan fingerprint density at radius 3 is 2.87 bits per heavy atom. The minimum absolute atomic E-state index is 0.310. The third-order valence-corrected chi connectivity index (χ3v) is 4.68. The van der Waals surface area contributed by atoms with Crippen molar-refractivity contribution >= 4 is 23.5 Å². The Labute approximate surface area is 172 Å². The summed E-state index contributed by atoms with van der Waals surface area (Å²) in [5.41, 5.74) is 7.01. The number of primary amides is 1. The maximum Gasteiger partial charge on any atom is 0.248 e. The van der Waals surface area contributed by atoms with Gasteiger partial charge in [-0.05, 0) is 23.8 Å². The number of nitrogens with one attached hydrogen (secondary N) is 1. The number of halogens is 1. The molecule has 2 aromatic rings. The third-order valence-electron chi connectivity index (χ3n) is 4.68. The molecule has 0 saturated heterocycles. The molecule has 1 amide bonds. The summed E-state index contributed by atoms with van der Waals surface area (Å²) in [6, 6.07) is 6.26. The summed E-state index contributed by atoms with van der Waals surface area (Å²) in [5.74, 6) is -0.175. The second-order valence-electron chi connectivity index (χ2n) is 7.06. The van der Waals surface area contributed by atoms with Crippen molar-refractivity contribution in [2.24, 2.45) is 16.8 Å². The van der Waals surface area contributed by atoms with E-state index in [-0.39, 0.29) is 11.7 Å². The van der Waals surface area contributed by atoms with Crippen molar-refractivity contribution in [2.45, 2.75) is 12.6 Å². The summed E-state index contributed by atoms with van der Waals surface area (Å²) in [7, 11) is 3.61. The molecule has 1 aromatic carbocycles. The molecule has 2 heterocycles. The highest BCUT2D eigenvalue weighted by molar-refractivity contribution is 6.04. The smallest absolute Gasteiger partial charge is 0.248 e. The summed E-state index contributed by atoms with van der Waals surface area (Å²) in [6.45, 7) is 0.331. The number of anilines is 2. The van der Waals surface area contributed by atoms with Gasteiger partial charge in [0.15, 0.2) is 11.9 Å². The summed E-state index contributed by atoms with van der Waals surface area (Å²) >= 11 is 0. The van der Waals surface area contributed by atoms with E-state index in [1.807, 2.05) is 6.08 Å². The van der Waals surface area contributed by atoms with Gasteiger partial charge in [-0.3, -0.25) is 4.79 Å². The zero-order valence-corrected chi connectivity index (χ0v) is 16.4. The molecule has 154 valence electrons. The molecule has 30 heavy (non-hydrogen) atoms. The lowest BCUT2D eigenvalue weighted by atomic mass is 9.87. The zero-order chi connectivity index (χ0) is 21.3. The van der Waals surface area contributed by atoms with E-state index < -0.39 is 12.0 Å². The molecule has 1 aliphatic heterocycles. The van der Waals surface area contributed by atoms with Crippen LogP contribution in [0.5, 0.6) is 0 Å². The summed E-state index contributed by atoms with van der Waals surface area (Å²) in [5, 5.41) is 7.21. The number of hydrogen-bond donors (Lipinski definition) is 2. The molecule has 1 aromatic heterocycles. The van der Waals surface area contributed by atoms with Gasteiger partial charge in [-0.2, -0.15) is 15.0 Å². The standard InChI is InChI=1S/C20H20FN7O2/c1-28(2)20-25-18(15-13-7-4-8-14(17(22)29)16(13)30-27-15)24-19(26-20)23-10-11-5-3-6-12(21)9-11/h3-9,13,16H,10H2,1-2H3,(H2,22,29)(H,23,24,25,26). The van der Waals surface area contributed by atoms with Crippen LogP contribution in [0.3, 0.4) is 0 Å². The monoisotopic (exact) mass is 409 g/mol. The van der Waals surface area contributed by atoms with Gasteiger partial charge >= 0.3 is 0 Å². The Morgan fingerprint density at radius 2 is 2.13 bits per heavy atom. The van der Waals surface area contributed by atoms with E-state index in [0.717, 1.165) is 5.56 Å². The van der Waals surface area contributed by atoms with Gasteiger partial charge in [0, 0.05) is 20.6 Å². The van der Waals surface area contributed by atoms with Crippen molar-refractivity contribution in [3.63, 3.8) is 0 Å². The Balaban J connectivity index is 1.61. The largest absolute Gasteiger partial charge is 0.386 e. The fourth-order valence-corrected chi connectivity index (χ4v) is 3.20. The van der Waals surface area contributed by atoms with E-state index >= 15 is 0 Å². The van der Waals surface area contributed by atoms with Crippen LogP contribution < -0.4 is 16.0 Å². The number of rotatable bonds is 6. The molecule has 2 atom stereocenters. The second-order valence-corrected chi connectivity index (χ2v) is 7.06. The van der Waals surface area contributed by atoms with Gasteiger partial charge in [-0.25, -0.2) is 4.39 Å². The highest BCUT2D eigenvalue weighted by atomic mass is 19.1. The Kier molecular flexibility index (Phi) is 5.13. The number of fused-ring (bicyclic) bond motifs is 1. The van der Waals surface area contributed by atoms with Crippen LogP contribution in [0.15, 0.2) is 53.2 Å². The van der Waals surface area contributed by atoms with Crippen LogP contribution >= 0.6 is 0 Å². The maximum absolute atomic E-state index is 13.4. The van der Waals surface area contributed by atoms with Crippen LogP contribution in [-0.2, 0) is 16.2 Å². The molecule has 0 spiro atoms. The number of aromatic nitrogens is 3. The third kappa shape index (κ3) is 3.84. The van der Waals surface area contributed by atoms with Crippen LogP contribution in [0.1, 0.15) is 11.4 Å². The van der Waals surface area contributed by atoms with Crippen LogP contribution in [0.25, 0.3) is 0 Å². The van der Waals surface area contributed by atoms with E-state index in [1.165, 1.54) is 12.1 Å². The first-order valence-electron chi connectivity index (χ1n) is 9.26. The van der Waals surface area contributed by atoms with Gasteiger partial charge in [0.1, 0.15) is 11.5 Å². The molecule has 3 N–H and O–H groups in total. The summed E-state index contributed by atoms with van der Waals surface area (Å²) in [4.78, 5) is 32.2. The molecule has 1 aliphatic carbocycles. The van der Waals surface area contributed by atoms with Crippen molar-refractivity contribution in [3.8, 4) is 0 Å². The number of carbonyl (C=O) groups is 1. The quantitative estimate of drug-likeness (QED) is 0.740. The number of nitrogens with zero attached hydrogens (tertiary/aromatic N) is 5. The number of hydrogen-bond acceptors (Lipinski definition) is 8. The minimum atomic E-state index is -0.606. The predicted octanol–water partition coefficient (Wildman–Crippen LogP) is 1.39. The minimum Gasteiger partial charge on any atom is -0.386 e. The molecule has 10 heteroatoms. The van der Waals surface area contributed by atoms with E-state index in [1.54, 1.807) is 43.3 Å². The Hall–Kier alpha value is -3.82. The summed E-state index contributed by atoms with van der Waals surface area (Å²) < 4.78 is 13.4. The fraction of sp³-hybridized carbons (Fsp3) is 0.250. The normalized spacial score (nSPS) is 19.4. The molecule has 4 rings (SSSR count). The number of allylic oxidation sites excluding steroid dienone is 2. The van der Waals surface area contributed by atoms with Gasteiger partial charge in [0.2, 0.25) is 17.8 Å². The van der Waals surface area contributed by atoms with Gasteiger partial charge in [-0.15, -0.1) is 0 Å². The molecular weight excluding hydrogens is 389 g/mol. The Bertz CT molecular complexity index is 1080.